The van der Waals surface area contributed by atoms with Crippen LogP contribution >= 0.6 is 11.6 Å². The van der Waals surface area contributed by atoms with Crippen LogP contribution in [0, 0.1) is 12.8 Å². The van der Waals surface area contributed by atoms with Crippen LogP contribution < -0.4 is 0 Å². The van der Waals surface area contributed by atoms with E-state index in [4.69, 9.17) is 16.7 Å². The minimum atomic E-state index is -0.0492. The molecule has 1 aromatic heterocycles. The van der Waals surface area contributed by atoms with E-state index in [9.17, 15) is 0 Å². The molecule has 3 nitrogen and oxygen atoms in total. The first-order valence-corrected chi connectivity index (χ1v) is 4.76. The van der Waals surface area contributed by atoms with Gasteiger partial charge in [0.05, 0.1) is 12.3 Å². The first kappa shape index (κ1) is 10.5. The van der Waals surface area contributed by atoms with E-state index in [0.29, 0.717) is 16.8 Å². The molecule has 0 aliphatic carbocycles. The summed E-state index contributed by atoms with van der Waals surface area (Å²) in [4.78, 5) is 4.10. The molecule has 0 spiro atoms. The Balaban J connectivity index is 3.02. The summed E-state index contributed by atoms with van der Waals surface area (Å²) in [6.45, 7) is 6.93. The van der Waals surface area contributed by atoms with Gasteiger partial charge in [-0.15, -0.1) is 0 Å². The zero-order valence-corrected chi connectivity index (χ0v) is 8.97. The van der Waals surface area contributed by atoms with Crippen molar-refractivity contribution in [3.05, 3.63) is 16.7 Å². The van der Waals surface area contributed by atoms with Crippen molar-refractivity contribution in [2.75, 3.05) is 0 Å². The third kappa shape index (κ3) is 2.23. The van der Waals surface area contributed by atoms with Gasteiger partial charge in [-0.25, -0.2) is 4.98 Å². The van der Waals surface area contributed by atoms with E-state index in [-0.39, 0.29) is 6.61 Å². The molecule has 1 heterocycles. The predicted octanol–water partition coefficient (Wildman–Crippen LogP) is 1.99. The number of aliphatic hydroxyl groups is 1. The van der Waals surface area contributed by atoms with Crippen LogP contribution in [-0.4, -0.2) is 14.7 Å². The Kier molecular flexibility index (Phi) is 3.33. The van der Waals surface area contributed by atoms with Gasteiger partial charge in [0.2, 0.25) is 0 Å². The van der Waals surface area contributed by atoms with Gasteiger partial charge in [0, 0.05) is 6.54 Å². The summed E-state index contributed by atoms with van der Waals surface area (Å²) in [5.74, 6) is 1.39. The van der Waals surface area contributed by atoms with Gasteiger partial charge in [-0.05, 0) is 12.8 Å². The third-order valence-electron chi connectivity index (χ3n) is 1.91. The van der Waals surface area contributed by atoms with E-state index in [1.165, 1.54) is 0 Å². The molecule has 1 N–H and O–H groups in total. The fourth-order valence-corrected chi connectivity index (χ4v) is 1.62. The van der Waals surface area contributed by atoms with Crippen LogP contribution in [0.25, 0.3) is 0 Å². The van der Waals surface area contributed by atoms with Crippen LogP contribution in [0.4, 0.5) is 0 Å². The third-order valence-corrected chi connectivity index (χ3v) is 2.21. The molecule has 0 aliphatic rings. The molecule has 0 bridgehead atoms. The Morgan fingerprint density at radius 1 is 1.54 bits per heavy atom. The summed E-state index contributed by atoms with van der Waals surface area (Å²) in [5.41, 5.74) is 0.716. The van der Waals surface area contributed by atoms with E-state index in [0.717, 1.165) is 12.4 Å². The normalized spacial score (nSPS) is 11.2. The number of aromatic nitrogens is 2. The SMILES string of the molecule is Cc1nc(Cl)c(CO)n1CC(C)C. The van der Waals surface area contributed by atoms with E-state index < -0.39 is 0 Å². The molecule has 1 rings (SSSR count). The maximum absolute atomic E-state index is 9.08. The van der Waals surface area contributed by atoms with Gasteiger partial charge in [-0.2, -0.15) is 0 Å². The number of hydrogen-bond acceptors (Lipinski definition) is 2. The molecule has 0 aliphatic heterocycles. The van der Waals surface area contributed by atoms with Crippen LogP contribution in [0.15, 0.2) is 0 Å². The summed E-state index contributed by atoms with van der Waals surface area (Å²) in [6.07, 6.45) is 0. The summed E-state index contributed by atoms with van der Waals surface area (Å²) in [7, 11) is 0. The molecule has 0 aromatic carbocycles. The summed E-state index contributed by atoms with van der Waals surface area (Å²) >= 11 is 5.84. The number of rotatable bonds is 3. The average Bonchev–Trinajstić information content (AvgIpc) is 2.26. The Hall–Kier alpha value is -0.540. The topological polar surface area (TPSA) is 38.1 Å². The second-order valence-corrected chi connectivity index (χ2v) is 3.92. The van der Waals surface area contributed by atoms with Gasteiger partial charge in [0.15, 0.2) is 5.15 Å². The van der Waals surface area contributed by atoms with Crippen LogP contribution in [0.5, 0.6) is 0 Å². The van der Waals surface area contributed by atoms with E-state index in [2.05, 4.69) is 18.8 Å². The molecule has 0 fully saturated rings. The lowest BCUT2D eigenvalue weighted by Crippen LogP contribution is -2.09. The van der Waals surface area contributed by atoms with Crippen molar-refractivity contribution in [3.8, 4) is 0 Å². The first-order valence-electron chi connectivity index (χ1n) is 4.38. The fraction of sp³-hybridized carbons (Fsp3) is 0.667. The molecule has 4 heteroatoms. The number of aliphatic hydroxyl groups excluding tert-OH is 1. The maximum Gasteiger partial charge on any atom is 0.152 e. The zero-order valence-electron chi connectivity index (χ0n) is 8.21. The van der Waals surface area contributed by atoms with E-state index >= 15 is 0 Å². The Labute approximate surface area is 83.4 Å². The van der Waals surface area contributed by atoms with Crippen LogP contribution in [0.3, 0.4) is 0 Å². The van der Waals surface area contributed by atoms with Crippen LogP contribution in [-0.2, 0) is 13.2 Å². The molecule has 0 radical (unpaired) electrons. The first-order chi connectivity index (χ1) is 6.06. The summed E-state index contributed by atoms with van der Waals surface area (Å²) < 4.78 is 1.97. The number of aryl methyl sites for hydroxylation is 1. The molecule has 1 aromatic rings. The van der Waals surface area contributed by atoms with Crippen molar-refractivity contribution in [3.63, 3.8) is 0 Å². The van der Waals surface area contributed by atoms with Gasteiger partial charge in [-0.3, -0.25) is 0 Å². The maximum atomic E-state index is 9.08. The second-order valence-electron chi connectivity index (χ2n) is 3.56. The highest BCUT2D eigenvalue weighted by Crippen LogP contribution is 2.18. The highest BCUT2D eigenvalue weighted by atomic mass is 35.5. The number of nitrogens with zero attached hydrogens (tertiary/aromatic N) is 2. The highest BCUT2D eigenvalue weighted by Gasteiger charge is 2.12. The summed E-state index contributed by atoms with van der Waals surface area (Å²) in [5, 5.41) is 9.50. The molecular weight excluding hydrogens is 188 g/mol. The Morgan fingerprint density at radius 2 is 2.15 bits per heavy atom. The molecule has 0 unspecified atom stereocenters. The number of hydrogen-bond donors (Lipinski definition) is 1. The average molecular weight is 203 g/mol. The van der Waals surface area contributed by atoms with E-state index in [1.807, 2.05) is 11.5 Å². The van der Waals surface area contributed by atoms with E-state index in [1.54, 1.807) is 0 Å². The quantitative estimate of drug-likeness (QED) is 0.814. The smallest absolute Gasteiger partial charge is 0.152 e. The molecular formula is C9H15ClN2O. The predicted molar refractivity (Wildman–Crippen MR) is 52.7 cm³/mol. The molecule has 0 atom stereocenters. The van der Waals surface area contributed by atoms with Crippen molar-refractivity contribution in [1.82, 2.24) is 9.55 Å². The fourth-order valence-electron chi connectivity index (χ4n) is 1.33. The van der Waals surface area contributed by atoms with Crippen LogP contribution in [0.2, 0.25) is 5.15 Å². The van der Waals surface area contributed by atoms with Crippen LogP contribution in [0.1, 0.15) is 25.4 Å². The lowest BCUT2D eigenvalue weighted by Gasteiger charge is -2.10. The van der Waals surface area contributed by atoms with Crippen molar-refractivity contribution in [1.29, 1.82) is 0 Å². The minimum Gasteiger partial charge on any atom is -0.390 e. The monoisotopic (exact) mass is 202 g/mol. The molecule has 0 saturated carbocycles. The van der Waals surface area contributed by atoms with Crippen molar-refractivity contribution >= 4 is 11.6 Å². The number of imidazole rings is 1. The Morgan fingerprint density at radius 3 is 2.62 bits per heavy atom. The van der Waals surface area contributed by atoms with Gasteiger partial charge < -0.3 is 9.67 Å². The van der Waals surface area contributed by atoms with Crippen molar-refractivity contribution in [2.45, 2.75) is 33.9 Å². The Bertz CT molecular complexity index is 294. The lowest BCUT2D eigenvalue weighted by atomic mass is 10.2. The van der Waals surface area contributed by atoms with Gasteiger partial charge in [-0.1, -0.05) is 25.4 Å². The molecule has 13 heavy (non-hydrogen) atoms. The molecule has 0 amide bonds. The largest absolute Gasteiger partial charge is 0.390 e. The zero-order chi connectivity index (χ0) is 10.0. The highest BCUT2D eigenvalue weighted by molar-refractivity contribution is 6.30. The lowest BCUT2D eigenvalue weighted by molar-refractivity contribution is 0.268. The van der Waals surface area contributed by atoms with Gasteiger partial charge in [0.1, 0.15) is 5.82 Å². The molecule has 0 saturated heterocycles. The van der Waals surface area contributed by atoms with Crippen molar-refractivity contribution in [2.24, 2.45) is 5.92 Å². The number of halogens is 1. The summed E-state index contributed by atoms with van der Waals surface area (Å²) in [6, 6.07) is 0. The minimum absolute atomic E-state index is 0.0492. The second kappa shape index (κ2) is 4.11. The van der Waals surface area contributed by atoms with Crippen molar-refractivity contribution < 1.29 is 5.11 Å². The standard InChI is InChI=1S/C9H15ClN2O/c1-6(2)4-12-7(3)11-9(10)8(12)5-13/h6,13H,4-5H2,1-3H3. The van der Waals surface area contributed by atoms with Gasteiger partial charge in [0.25, 0.3) is 0 Å². The van der Waals surface area contributed by atoms with Gasteiger partial charge >= 0.3 is 0 Å². The molecule has 74 valence electrons.